The highest BCUT2D eigenvalue weighted by atomic mass is 31.2. The zero-order valence-electron chi connectivity index (χ0n) is 18.6. The molecule has 0 aliphatic carbocycles. The molecule has 2 aromatic rings. The van der Waals surface area contributed by atoms with Crippen molar-refractivity contribution >= 4 is 24.8 Å². The molecule has 4 heterocycles. The number of nitrogens with zero attached hydrogens (tertiary/aromatic N) is 4. The van der Waals surface area contributed by atoms with Gasteiger partial charge in [0.2, 0.25) is 0 Å². The quantitative estimate of drug-likeness (QED) is 0.646. The first kappa shape index (κ1) is 22.6. The van der Waals surface area contributed by atoms with Gasteiger partial charge in [-0.1, -0.05) is 20.8 Å². The van der Waals surface area contributed by atoms with E-state index in [0.29, 0.717) is 17.6 Å². The molecule has 2 aliphatic rings. The fourth-order valence-corrected chi connectivity index (χ4v) is 5.71. The number of phosphoric ester groups is 1. The van der Waals surface area contributed by atoms with Crippen LogP contribution in [0.3, 0.4) is 0 Å². The van der Waals surface area contributed by atoms with E-state index >= 15 is 0 Å². The van der Waals surface area contributed by atoms with Crippen molar-refractivity contribution in [3.63, 3.8) is 0 Å². The highest BCUT2D eigenvalue weighted by Crippen LogP contribution is 2.58. The summed E-state index contributed by atoms with van der Waals surface area (Å²) in [6, 6.07) is 0. The van der Waals surface area contributed by atoms with E-state index in [1.54, 1.807) is 31.7 Å². The highest BCUT2D eigenvalue weighted by molar-refractivity contribution is 7.47. The second-order valence-electron chi connectivity index (χ2n) is 10.4. The molecule has 2 unspecified atom stereocenters. The third kappa shape index (κ3) is 4.35. The van der Waals surface area contributed by atoms with Crippen LogP contribution >= 0.6 is 7.82 Å². The molecule has 4 rings (SSSR count). The number of fused-ring (bicyclic) bond motifs is 3. The molecule has 3 N–H and O–H groups in total. The van der Waals surface area contributed by atoms with Gasteiger partial charge >= 0.3 is 7.82 Å². The maximum Gasteiger partial charge on any atom is 0.473 e. The lowest BCUT2D eigenvalue weighted by Gasteiger charge is -2.37. The number of imidazole rings is 1. The molecule has 2 bridgehead atoms. The highest BCUT2D eigenvalue weighted by Gasteiger charge is 2.65. The van der Waals surface area contributed by atoms with Crippen LogP contribution in [0, 0.1) is 5.41 Å². The summed E-state index contributed by atoms with van der Waals surface area (Å²) < 4.78 is 38.1. The monoisotopic (exact) mass is 455 g/mol. The first-order valence-electron chi connectivity index (χ1n) is 10.1. The average molecular weight is 455 g/mol. The standard InChI is InChI=1S/C19H30N5O6P/c1-17(2,3)7-19-8-27-12(13(19)29-31(25,26)30-18(4,5)6)16(28-19)24-10-23-11-14(20)21-9-22-15(11)24/h9-10,12-13,16H,7-8H2,1-6H3,(H,25,26)(H2,20,21,22)/t12?,13-,16-,19+/m1/s1. The fraction of sp³-hybridized carbons (Fsp3) is 0.737. The van der Waals surface area contributed by atoms with E-state index in [1.165, 1.54) is 6.33 Å². The van der Waals surface area contributed by atoms with Crippen LogP contribution in [0.15, 0.2) is 12.7 Å². The van der Waals surface area contributed by atoms with E-state index in [4.69, 9.17) is 24.3 Å². The Bertz CT molecular complexity index is 1030. The van der Waals surface area contributed by atoms with E-state index in [-0.39, 0.29) is 17.8 Å². The molecule has 0 radical (unpaired) electrons. The van der Waals surface area contributed by atoms with E-state index in [2.05, 4.69) is 35.7 Å². The number of aromatic nitrogens is 4. The largest absolute Gasteiger partial charge is 0.473 e. The van der Waals surface area contributed by atoms with E-state index in [9.17, 15) is 9.46 Å². The lowest BCUT2D eigenvalue weighted by atomic mass is 9.80. The minimum atomic E-state index is -4.40. The SMILES string of the molecule is CC(C)(C)C[C@@]12COC([C@H](n3cnc4c(N)ncnc43)O1)[C@H]2OP(=O)(O)OC(C)(C)C. The molecule has 172 valence electrons. The van der Waals surface area contributed by atoms with E-state index in [0.717, 1.165) is 0 Å². The van der Waals surface area contributed by atoms with Crippen molar-refractivity contribution in [3.05, 3.63) is 12.7 Å². The molecule has 0 spiro atoms. The topological polar surface area (TPSA) is 144 Å². The van der Waals surface area contributed by atoms with Crippen LogP contribution in [0.25, 0.3) is 11.2 Å². The summed E-state index contributed by atoms with van der Waals surface area (Å²) in [6.45, 7) is 11.5. The molecule has 11 nitrogen and oxygen atoms in total. The third-order valence-electron chi connectivity index (χ3n) is 5.10. The zero-order valence-corrected chi connectivity index (χ0v) is 19.5. The van der Waals surface area contributed by atoms with Crippen molar-refractivity contribution in [2.75, 3.05) is 12.3 Å². The van der Waals surface area contributed by atoms with Crippen molar-refractivity contribution in [1.29, 1.82) is 0 Å². The fourth-order valence-electron chi connectivity index (χ4n) is 4.38. The number of phosphoric acid groups is 1. The molecule has 2 aliphatic heterocycles. The third-order valence-corrected chi connectivity index (χ3v) is 6.37. The predicted molar refractivity (Wildman–Crippen MR) is 112 cm³/mol. The molecule has 2 fully saturated rings. The van der Waals surface area contributed by atoms with Crippen molar-refractivity contribution in [3.8, 4) is 0 Å². The smallest absolute Gasteiger partial charge is 0.382 e. The zero-order chi connectivity index (χ0) is 22.8. The molecule has 5 atom stereocenters. The van der Waals surface area contributed by atoms with Crippen LogP contribution in [0.2, 0.25) is 0 Å². The van der Waals surface area contributed by atoms with Crippen LogP contribution in [-0.4, -0.2) is 54.4 Å². The van der Waals surface area contributed by atoms with Crippen LogP contribution in [0.1, 0.15) is 54.2 Å². The molecular weight excluding hydrogens is 425 g/mol. The van der Waals surface area contributed by atoms with Gasteiger partial charge in [-0.25, -0.2) is 19.5 Å². The summed E-state index contributed by atoms with van der Waals surface area (Å²) in [5.74, 6) is 0.253. The Kier molecular flexibility index (Phi) is 5.24. The molecule has 31 heavy (non-hydrogen) atoms. The summed E-state index contributed by atoms with van der Waals surface area (Å²) in [5.41, 5.74) is 4.87. The summed E-state index contributed by atoms with van der Waals surface area (Å²) in [5, 5.41) is 0. The van der Waals surface area contributed by atoms with Gasteiger partial charge in [-0.05, 0) is 32.6 Å². The van der Waals surface area contributed by atoms with E-state index in [1.807, 2.05) is 0 Å². The van der Waals surface area contributed by atoms with Crippen molar-refractivity contribution in [2.45, 2.75) is 77.6 Å². The summed E-state index contributed by atoms with van der Waals surface area (Å²) in [6.07, 6.45) is 1.27. The van der Waals surface area contributed by atoms with Gasteiger partial charge in [0.1, 0.15) is 29.7 Å². The Labute approximate surface area is 180 Å². The van der Waals surface area contributed by atoms with Crippen LogP contribution in [0.4, 0.5) is 5.82 Å². The first-order valence-corrected chi connectivity index (χ1v) is 11.6. The van der Waals surface area contributed by atoms with Crippen molar-refractivity contribution in [2.24, 2.45) is 5.41 Å². The molecule has 0 amide bonds. The second-order valence-corrected chi connectivity index (χ2v) is 11.7. The maximum absolute atomic E-state index is 12.8. The molecule has 2 saturated heterocycles. The van der Waals surface area contributed by atoms with Crippen LogP contribution in [0.5, 0.6) is 0 Å². The van der Waals surface area contributed by atoms with Gasteiger partial charge in [0, 0.05) is 0 Å². The minimum absolute atomic E-state index is 0.164. The predicted octanol–water partition coefficient (Wildman–Crippen LogP) is 2.81. The molecule has 0 aromatic carbocycles. The van der Waals surface area contributed by atoms with Crippen LogP contribution < -0.4 is 5.73 Å². The minimum Gasteiger partial charge on any atom is -0.382 e. The van der Waals surface area contributed by atoms with Crippen molar-refractivity contribution < 1.29 is 28.0 Å². The Morgan fingerprint density at radius 3 is 2.65 bits per heavy atom. The lowest BCUT2D eigenvalue weighted by molar-refractivity contribution is -0.182. The molecule has 0 saturated carbocycles. The number of anilines is 1. The molecule has 2 aromatic heterocycles. The van der Waals surface area contributed by atoms with Gasteiger partial charge in [-0.3, -0.25) is 13.6 Å². The number of nitrogens with two attached hydrogens (primary N) is 1. The Hall–Kier alpha value is -1.62. The molecule has 12 heteroatoms. The summed E-state index contributed by atoms with van der Waals surface area (Å²) >= 11 is 0. The van der Waals surface area contributed by atoms with Gasteiger partial charge in [-0.2, -0.15) is 0 Å². The first-order chi connectivity index (χ1) is 14.2. The van der Waals surface area contributed by atoms with Gasteiger partial charge in [0.05, 0.1) is 18.5 Å². The second kappa shape index (κ2) is 7.19. The van der Waals surface area contributed by atoms with Gasteiger partial charge in [0.25, 0.3) is 0 Å². The number of rotatable bonds is 5. The number of ether oxygens (including phenoxy) is 2. The Morgan fingerprint density at radius 1 is 1.29 bits per heavy atom. The lowest BCUT2D eigenvalue weighted by Crippen LogP contribution is -2.44. The van der Waals surface area contributed by atoms with Crippen molar-refractivity contribution in [1.82, 2.24) is 19.5 Å². The maximum atomic E-state index is 12.8. The average Bonchev–Trinajstić information content (AvgIpc) is 3.21. The Balaban J connectivity index is 1.72. The number of hydrogen-bond donors (Lipinski definition) is 2. The number of hydrogen-bond acceptors (Lipinski definition) is 9. The summed E-state index contributed by atoms with van der Waals surface area (Å²) in [7, 11) is -4.40. The molecular formula is C19H30N5O6P. The van der Waals surface area contributed by atoms with Crippen LogP contribution in [-0.2, 0) is 23.1 Å². The van der Waals surface area contributed by atoms with Gasteiger partial charge in [-0.15, -0.1) is 0 Å². The van der Waals surface area contributed by atoms with Gasteiger partial charge < -0.3 is 20.1 Å². The summed E-state index contributed by atoms with van der Waals surface area (Å²) in [4.78, 5) is 23.0. The van der Waals surface area contributed by atoms with Gasteiger partial charge in [0.15, 0.2) is 17.7 Å². The Morgan fingerprint density at radius 2 is 2.00 bits per heavy atom. The van der Waals surface area contributed by atoms with E-state index < -0.39 is 37.5 Å². The normalized spacial score (nSPS) is 30.7. The number of nitrogen functional groups attached to an aromatic ring is 1.